The van der Waals surface area contributed by atoms with Crippen molar-refractivity contribution >= 4 is 21.6 Å². The van der Waals surface area contributed by atoms with Gasteiger partial charge < -0.3 is 0 Å². The van der Waals surface area contributed by atoms with E-state index in [2.05, 4.69) is 6.07 Å². The molecule has 1 heterocycles. The fourth-order valence-electron chi connectivity index (χ4n) is 1.48. The maximum absolute atomic E-state index is 11.5. The summed E-state index contributed by atoms with van der Waals surface area (Å²) in [7, 11) is -3.08. The fraction of sp³-hybridized carbons (Fsp3) is 0.875. The lowest BCUT2D eigenvalue weighted by atomic mass is 10.3. The second kappa shape index (κ2) is 4.51. The molecule has 0 N–H and O–H groups in total. The normalized spacial score (nSPS) is 26.8. The highest BCUT2D eigenvalue weighted by molar-refractivity contribution is 8.00. The summed E-state index contributed by atoms with van der Waals surface area (Å²) in [5, 5.41) is 8.29. The number of hydrogen-bond acceptors (Lipinski definition) is 5. The average molecular weight is 234 g/mol. The van der Waals surface area contributed by atoms with Crippen LogP contribution in [0.2, 0.25) is 0 Å². The monoisotopic (exact) mass is 234 g/mol. The molecule has 1 aliphatic rings. The van der Waals surface area contributed by atoms with Crippen LogP contribution in [0.4, 0.5) is 0 Å². The minimum atomic E-state index is -3.08. The summed E-state index contributed by atoms with van der Waals surface area (Å²) in [5.74, 6) is 1.48. The molecule has 0 aromatic heterocycles. The number of nitriles is 1. The highest BCUT2D eigenvalue weighted by atomic mass is 32.2. The van der Waals surface area contributed by atoms with Crippen LogP contribution < -0.4 is 0 Å². The molecule has 0 aliphatic carbocycles. The van der Waals surface area contributed by atoms with Crippen molar-refractivity contribution in [2.45, 2.75) is 18.3 Å². The number of sulfone groups is 1. The summed E-state index contributed by atoms with van der Waals surface area (Å²) in [6, 6.07) is 1.77. The van der Waals surface area contributed by atoms with Crippen LogP contribution in [-0.4, -0.2) is 49.0 Å². The maximum atomic E-state index is 11.5. The maximum Gasteiger partial charge on any atom is 0.164 e. The van der Waals surface area contributed by atoms with Crippen LogP contribution in [0.5, 0.6) is 0 Å². The first-order valence-electron chi connectivity index (χ1n) is 4.39. The predicted molar refractivity (Wildman–Crippen MR) is 57.7 cm³/mol. The van der Waals surface area contributed by atoms with Crippen LogP contribution in [-0.2, 0) is 9.84 Å². The van der Waals surface area contributed by atoms with Gasteiger partial charge in [-0.25, -0.2) is 8.42 Å². The zero-order chi connectivity index (χ0) is 10.8. The SMILES string of the molecule is CC(C#N)N1CCSCC1S(C)(=O)=O. The van der Waals surface area contributed by atoms with Gasteiger partial charge in [0, 0.05) is 24.3 Å². The zero-order valence-electron chi connectivity index (χ0n) is 8.30. The minimum Gasteiger partial charge on any atom is -0.270 e. The van der Waals surface area contributed by atoms with E-state index in [0.717, 1.165) is 5.75 Å². The Morgan fingerprint density at radius 3 is 2.79 bits per heavy atom. The van der Waals surface area contributed by atoms with Crippen LogP contribution in [0.15, 0.2) is 0 Å². The van der Waals surface area contributed by atoms with Crippen molar-refractivity contribution in [1.82, 2.24) is 4.90 Å². The van der Waals surface area contributed by atoms with Gasteiger partial charge in [-0.15, -0.1) is 0 Å². The molecule has 1 fully saturated rings. The van der Waals surface area contributed by atoms with Gasteiger partial charge in [0.25, 0.3) is 0 Å². The summed E-state index contributed by atoms with van der Waals surface area (Å²) in [6.45, 7) is 2.42. The van der Waals surface area contributed by atoms with Crippen molar-refractivity contribution in [2.24, 2.45) is 0 Å². The predicted octanol–water partition coefficient (Wildman–Crippen LogP) is 0.318. The third kappa shape index (κ3) is 2.62. The molecule has 2 unspecified atom stereocenters. The highest BCUT2D eigenvalue weighted by Gasteiger charge is 2.33. The Kier molecular flexibility index (Phi) is 3.81. The summed E-state index contributed by atoms with van der Waals surface area (Å²) in [4.78, 5) is 1.77. The Hall–Kier alpha value is -0.250. The molecule has 0 aromatic rings. The van der Waals surface area contributed by atoms with E-state index in [1.807, 2.05) is 0 Å². The van der Waals surface area contributed by atoms with Crippen LogP contribution >= 0.6 is 11.8 Å². The molecule has 1 saturated heterocycles. The zero-order valence-corrected chi connectivity index (χ0v) is 9.94. The molecular weight excluding hydrogens is 220 g/mol. The highest BCUT2D eigenvalue weighted by Crippen LogP contribution is 2.21. The quantitative estimate of drug-likeness (QED) is 0.688. The Morgan fingerprint density at radius 1 is 1.64 bits per heavy atom. The van der Waals surface area contributed by atoms with Gasteiger partial charge in [0.2, 0.25) is 0 Å². The van der Waals surface area contributed by atoms with Crippen molar-refractivity contribution in [3.63, 3.8) is 0 Å². The van der Waals surface area contributed by atoms with Crippen molar-refractivity contribution < 1.29 is 8.42 Å². The van der Waals surface area contributed by atoms with Gasteiger partial charge in [-0.2, -0.15) is 17.0 Å². The number of hydrogen-bond donors (Lipinski definition) is 0. The molecule has 4 nitrogen and oxygen atoms in total. The summed E-state index contributed by atoms with van der Waals surface area (Å²) in [6.07, 6.45) is 1.24. The van der Waals surface area contributed by atoms with Crippen LogP contribution in [0.25, 0.3) is 0 Å². The van der Waals surface area contributed by atoms with E-state index in [0.29, 0.717) is 12.3 Å². The molecule has 0 saturated carbocycles. The van der Waals surface area contributed by atoms with Gasteiger partial charge in [0.05, 0.1) is 12.1 Å². The van der Waals surface area contributed by atoms with Gasteiger partial charge >= 0.3 is 0 Å². The summed E-state index contributed by atoms with van der Waals surface area (Å²) in [5.41, 5.74) is 0. The average Bonchev–Trinajstić information content (AvgIpc) is 2.15. The molecule has 1 rings (SSSR count). The molecule has 14 heavy (non-hydrogen) atoms. The van der Waals surface area contributed by atoms with Gasteiger partial charge in [-0.05, 0) is 6.92 Å². The molecule has 1 aliphatic heterocycles. The Bertz CT molecular complexity index is 334. The third-order valence-electron chi connectivity index (χ3n) is 2.30. The van der Waals surface area contributed by atoms with E-state index in [1.165, 1.54) is 6.26 Å². The lowest BCUT2D eigenvalue weighted by Gasteiger charge is -2.35. The molecular formula is C8H14N2O2S2. The van der Waals surface area contributed by atoms with Crippen LogP contribution in [0, 0.1) is 11.3 Å². The summed E-state index contributed by atoms with van der Waals surface area (Å²) >= 11 is 1.63. The van der Waals surface area contributed by atoms with E-state index in [1.54, 1.807) is 23.6 Å². The molecule has 80 valence electrons. The first-order chi connectivity index (χ1) is 6.46. The fourth-order valence-corrected chi connectivity index (χ4v) is 4.44. The Morgan fingerprint density at radius 2 is 2.29 bits per heavy atom. The third-order valence-corrected chi connectivity index (χ3v) is 4.96. The molecule has 0 spiro atoms. The van der Waals surface area contributed by atoms with E-state index in [-0.39, 0.29) is 6.04 Å². The van der Waals surface area contributed by atoms with Gasteiger partial charge in [-0.1, -0.05) is 0 Å². The van der Waals surface area contributed by atoms with E-state index >= 15 is 0 Å². The van der Waals surface area contributed by atoms with E-state index in [4.69, 9.17) is 5.26 Å². The van der Waals surface area contributed by atoms with Crippen molar-refractivity contribution in [1.29, 1.82) is 5.26 Å². The van der Waals surface area contributed by atoms with Gasteiger partial charge in [0.1, 0.15) is 5.37 Å². The van der Waals surface area contributed by atoms with Gasteiger partial charge in [0.15, 0.2) is 9.84 Å². The molecule has 0 amide bonds. The number of thioether (sulfide) groups is 1. The van der Waals surface area contributed by atoms with Crippen LogP contribution in [0.3, 0.4) is 0 Å². The molecule has 0 aromatic carbocycles. The van der Waals surface area contributed by atoms with E-state index < -0.39 is 15.2 Å². The molecule has 6 heteroatoms. The second-order valence-corrected chi connectivity index (χ2v) is 6.76. The van der Waals surface area contributed by atoms with Gasteiger partial charge in [-0.3, -0.25) is 4.90 Å². The Balaban J connectivity index is 2.86. The van der Waals surface area contributed by atoms with Crippen LogP contribution in [0.1, 0.15) is 6.92 Å². The van der Waals surface area contributed by atoms with Crippen molar-refractivity contribution in [3.8, 4) is 6.07 Å². The first-order valence-corrected chi connectivity index (χ1v) is 7.49. The van der Waals surface area contributed by atoms with Crippen molar-refractivity contribution in [2.75, 3.05) is 24.3 Å². The molecule has 0 radical (unpaired) electrons. The van der Waals surface area contributed by atoms with E-state index in [9.17, 15) is 8.42 Å². The lowest BCUT2D eigenvalue weighted by Crippen LogP contribution is -2.50. The standard InChI is InChI=1S/C8H14N2O2S2/c1-7(5-9)10-3-4-13-6-8(10)14(2,11)12/h7-8H,3-4,6H2,1-2H3. The minimum absolute atomic E-state index is 0.323. The first kappa shape index (κ1) is 11.8. The number of nitrogens with zero attached hydrogens (tertiary/aromatic N) is 2. The Labute approximate surface area is 89.2 Å². The van der Waals surface area contributed by atoms with Crippen molar-refractivity contribution in [3.05, 3.63) is 0 Å². The topological polar surface area (TPSA) is 61.2 Å². The lowest BCUT2D eigenvalue weighted by molar-refractivity contribution is 0.242. The largest absolute Gasteiger partial charge is 0.270 e. The summed E-state index contributed by atoms with van der Waals surface area (Å²) < 4.78 is 22.9. The second-order valence-electron chi connectivity index (χ2n) is 3.40. The molecule has 2 atom stereocenters. The smallest absolute Gasteiger partial charge is 0.164 e. The molecule has 0 bridgehead atoms. The number of rotatable bonds is 2.